The largest absolute Gasteiger partial charge is 0.381 e. The van der Waals surface area contributed by atoms with Gasteiger partial charge in [-0.2, -0.15) is 0 Å². The van der Waals surface area contributed by atoms with Crippen molar-refractivity contribution >= 4 is 5.91 Å². The molecule has 1 N–H and O–H groups in total. The van der Waals surface area contributed by atoms with Gasteiger partial charge in [0.1, 0.15) is 5.60 Å². The van der Waals surface area contributed by atoms with E-state index >= 15 is 0 Å². The first-order valence-corrected chi connectivity index (χ1v) is 5.88. The molecular weight excluding hydrogens is 190 g/mol. The van der Waals surface area contributed by atoms with Crippen LogP contribution in [0.15, 0.2) is 0 Å². The molecule has 1 aliphatic rings. The minimum absolute atomic E-state index is 0.132. The fraction of sp³-hybridized carbons (Fsp3) is 0.917. The van der Waals surface area contributed by atoms with Crippen LogP contribution in [-0.4, -0.2) is 34.6 Å². The molecule has 88 valence electrons. The molecule has 0 unspecified atom stereocenters. The maximum absolute atomic E-state index is 11.9. The first-order valence-electron chi connectivity index (χ1n) is 5.88. The third-order valence-corrected chi connectivity index (χ3v) is 3.45. The number of piperidine rings is 1. The van der Waals surface area contributed by atoms with Crippen molar-refractivity contribution in [3.05, 3.63) is 0 Å². The van der Waals surface area contributed by atoms with Gasteiger partial charge in [-0.15, -0.1) is 0 Å². The van der Waals surface area contributed by atoms with E-state index in [1.807, 2.05) is 4.90 Å². The Hall–Kier alpha value is -0.570. The fourth-order valence-corrected chi connectivity index (χ4v) is 2.25. The molecule has 0 aromatic heterocycles. The van der Waals surface area contributed by atoms with Crippen LogP contribution in [0.25, 0.3) is 0 Å². The molecule has 1 amide bonds. The number of carbonyl (C=O) groups is 1. The third kappa shape index (κ3) is 2.94. The minimum atomic E-state index is -1.22. The van der Waals surface area contributed by atoms with Crippen LogP contribution in [0.3, 0.4) is 0 Å². The lowest BCUT2D eigenvalue weighted by Gasteiger charge is -2.39. The van der Waals surface area contributed by atoms with Crippen LogP contribution in [-0.2, 0) is 4.79 Å². The first-order chi connectivity index (χ1) is 6.86. The van der Waals surface area contributed by atoms with Gasteiger partial charge < -0.3 is 10.0 Å². The molecule has 3 heteroatoms. The lowest BCUT2D eigenvalue weighted by Crippen LogP contribution is -2.50. The molecule has 1 heterocycles. The fourth-order valence-electron chi connectivity index (χ4n) is 2.25. The van der Waals surface area contributed by atoms with E-state index in [0.717, 1.165) is 25.9 Å². The number of nitrogens with zero attached hydrogens (tertiary/aromatic N) is 1. The molecule has 1 saturated heterocycles. The van der Waals surface area contributed by atoms with E-state index in [1.54, 1.807) is 13.8 Å². The zero-order valence-electron chi connectivity index (χ0n) is 10.3. The lowest BCUT2D eigenvalue weighted by molar-refractivity contribution is -0.150. The number of carbonyl (C=O) groups excluding carboxylic acids is 1. The zero-order chi connectivity index (χ0) is 11.6. The molecule has 0 radical (unpaired) electrons. The van der Waals surface area contributed by atoms with Gasteiger partial charge in [0.2, 0.25) is 0 Å². The average Bonchev–Trinajstić information content (AvgIpc) is 2.16. The summed E-state index contributed by atoms with van der Waals surface area (Å²) in [6.45, 7) is 9.14. The Balaban J connectivity index is 2.62. The van der Waals surface area contributed by atoms with Crippen LogP contribution in [0.1, 0.15) is 40.5 Å². The van der Waals surface area contributed by atoms with Crippen LogP contribution in [0.5, 0.6) is 0 Å². The molecule has 0 aromatic rings. The van der Waals surface area contributed by atoms with Crippen molar-refractivity contribution in [2.24, 2.45) is 11.8 Å². The van der Waals surface area contributed by atoms with E-state index in [-0.39, 0.29) is 5.91 Å². The summed E-state index contributed by atoms with van der Waals surface area (Å²) in [6.07, 6.45) is 2.16. The summed E-state index contributed by atoms with van der Waals surface area (Å²) >= 11 is 0. The van der Waals surface area contributed by atoms with Gasteiger partial charge in [0.15, 0.2) is 0 Å². The average molecular weight is 213 g/mol. The van der Waals surface area contributed by atoms with Gasteiger partial charge >= 0.3 is 0 Å². The molecular formula is C12H23NO2. The van der Waals surface area contributed by atoms with Crippen LogP contribution >= 0.6 is 0 Å². The van der Waals surface area contributed by atoms with Gasteiger partial charge in [-0.25, -0.2) is 0 Å². The first kappa shape index (κ1) is 12.5. The van der Waals surface area contributed by atoms with E-state index in [9.17, 15) is 9.90 Å². The molecule has 3 nitrogen and oxygen atoms in total. The SMILES string of the molecule is CC[C@@H]1CN(C(=O)C(C)(C)O)CC[C@H]1C. The second-order valence-electron chi connectivity index (χ2n) is 5.24. The van der Waals surface area contributed by atoms with Crippen LogP contribution in [0.4, 0.5) is 0 Å². The standard InChI is InChI=1S/C12H23NO2/c1-5-10-8-13(7-6-9(10)2)11(14)12(3,4)15/h9-10,15H,5-8H2,1-4H3/t9-,10-/m1/s1. The number of hydrogen-bond donors (Lipinski definition) is 1. The molecule has 1 aliphatic heterocycles. The summed E-state index contributed by atoms with van der Waals surface area (Å²) < 4.78 is 0. The zero-order valence-corrected chi connectivity index (χ0v) is 10.3. The molecule has 0 aromatic carbocycles. The Morgan fingerprint density at radius 3 is 2.60 bits per heavy atom. The number of hydrogen-bond acceptors (Lipinski definition) is 2. The molecule has 1 rings (SSSR count). The van der Waals surface area contributed by atoms with E-state index in [4.69, 9.17) is 0 Å². The highest BCUT2D eigenvalue weighted by atomic mass is 16.3. The topological polar surface area (TPSA) is 40.5 Å². The summed E-state index contributed by atoms with van der Waals surface area (Å²) in [5, 5.41) is 9.67. The minimum Gasteiger partial charge on any atom is -0.381 e. The van der Waals surface area contributed by atoms with Crippen LogP contribution in [0, 0.1) is 11.8 Å². The van der Waals surface area contributed by atoms with Crippen molar-refractivity contribution in [3.8, 4) is 0 Å². The van der Waals surface area contributed by atoms with Crippen LogP contribution < -0.4 is 0 Å². The normalized spacial score (nSPS) is 27.9. The predicted molar refractivity (Wildman–Crippen MR) is 60.4 cm³/mol. The number of rotatable bonds is 2. The second-order valence-corrected chi connectivity index (χ2v) is 5.24. The monoisotopic (exact) mass is 213 g/mol. The number of likely N-dealkylation sites (tertiary alicyclic amines) is 1. The molecule has 0 aliphatic carbocycles. The summed E-state index contributed by atoms with van der Waals surface area (Å²) in [5.74, 6) is 1.15. The molecule has 0 spiro atoms. The van der Waals surface area contributed by atoms with Gasteiger partial charge in [0.25, 0.3) is 5.91 Å². The van der Waals surface area contributed by atoms with Gasteiger partial charge in [0, 0.05) is 13.1 Å². The van der Waals surface area contributed by atoms with Crippen molar-refractivity contribution in [1.29, 1.82) is 0 Å². The number of aliphatic hydroxyl groups is 1. The summed E-state index contributed by atoms with van der Waals surface area (Å²) in [4.78, 5) is 13.7. The summed E-state index contributed by atoms with van der Waals surface area (Å²) in [5.41, 5.74) is -1.22. The van der Waals surface area contributed by atoms with Crippen molar-refractivity contribution in [3.63, 3.8) is 0 Å². The second kappa shape index (κ2) is 4.52. The Kier molecular flexibility index (Phi) is 3.77. The van der Waals surface area contributed by atoms with E-state index < -0.39 is 5.60 Å². The van der Waals surface area contributed by atoms with Gasteiger partial charge in [0.05, 0.1) is 0 Å². The summed E-state index contributed by atoms with van der Waals surface area (Å²) in [7, 11) is 0. The highest BCUT2D eigenvalue weighted by molar-refractivity contribution is 5.84. The quantitative estimate of drug-likeness (QED) is 0.757. The Labute approximate surface area is 92.5 Å². The lowest BCUT2D eigenvalue weighted by atomic mass is 9.85. The van der Waals surface area contributed by atoms with Crippen molar-refractivity contribution in [1.82, 2.24) is 4.90 Å². The van der Waals surface area contributed by atoms with Crippen molar-refractivity contribution in [2.45, 2.75) is 46.1 Å². The predicted octanol–water partition coefficient (Wildman–Crippen LogP) is 1.65. The maximum Gasteiger partial charge on any atom is 0.253 e. The van der Waals surface area contributed by atoms with E-state index in [0.29, 0.717) is 11.8 Å². The van der Waals surface area contributed by atoms with E-state index in [1.165, 1.54) is 0 Å². The summed E-state index contributed by atoms with van der Waals surface area (Å²) in [6, 6.07) is 0. The molecule has 2 atom stereocenters. The maximum atomic E-state index is 11.9. The number of amides is 1. The highest BCUT2D eigenvalue weighted by Crippen LogP contribution is 2.26. The Morgan fingerprint density at radius 1 is 1.53 bits per heavy atom. The Bertz CT molecular complexity index is 232. The van der Waals surface area contributed by atoms with E-state index in [2.05, 4.69) is 13.8 Å². The van der Waals surface area contributed by atoms with Gasteiger partial charge in [-0.05, 0) is 32.1 Å². The molecule has 1 fully saturated rings. The Morgan fingerprint density at radius 2 is 2.13 bits per heavy atom. The molecule has 0 bridgehead atoms. The van der Waals surface area contributed by atoms with Crippen LogP contribution in [0.2, 0.25) is 0 Å². The molecule has 15 heavy (non-hydrogen) atoms. The highest BCUT2D eigenvalue weighted by Gasteiger charge is 2.34. The third-order valence-electron chi connectivity index (χ3n) is 3.45. The smallest absolute Gasteiger partial charge is 0.253 e. The van der Waals surface area contributed by atoms with Gasteiger partial charge in [-0.1, -0.05) is 20.3 Å². The van der Waals surface area contributed by atoms with Gasteiger partial charge in [-0.3, -0.25) is 4.79 Å². The van der Waals surface area contributed by atoms with Crippen molar-refractivity contribution in [2.75, 3.05) is 13.1 Å². The molecule has 0 saturated carbocycles. The van der Waals surface area contributed by atoms with Crippen molar-refractivity contribution < 1.29 is 9.90 Å².